The summed E-state index contributed by atoms with van der Waals surface area (Å²) in [5.41, 5.74) is 2.85. The second-order valence-electron chi connectivity index (χ2n) is 7.92. The Morgan fingerprint density at radius 2 is 2.08 bits per heavy atom. The predicted octanol–water partition coefficient (Wildman–Crippen LogP) is 3.96. The molecule has 2 N–H and O–H groups in total. The molecule has 0 aromatic heterocycles. The Balaban J connectivity index is 2.51. The van der Waals surface area contributed by atoms with Gasteiger partial charge in [-0.2, -0.15) is 0 Å². The summed E-state index contributed by atoms with van der Waals surface area (Å²) in [7, 11) is 0. The molecule has 0 aromatic carbocycles. The number of hydrogen-bond acceptors (Lipinski definition) is 4. The summed E-state index contributed by atoms with van der Waals surface area (Å²) in [5.74, 6) is 0.324. The van der Waals surface area contributed by atoms with Crippen LogP contribution in [0.15, 0.2) is 22.8 Å². The first-order valence-electron chi connectivity index (χ1n) is 9.46. The largest absolute Gasteiger partial charge is 0.392 e. The average Bonchev–Trinajstić information content (AvgIpc) is 2.69. The molecule has 0 spiro atoms. The quantitative estimate of drug-likeness (QED) is 0.649. The summed E-state index contributed by atoms with van der Waals surface area (Å²) in [6.45, 7) is 10.5. The maximum absolute atomic E-state index is 12.3. The van der Waals surface area contributed by atoms with Crippen LogP contribution in [0.3, 0.4) is 0 Å². The molecule has 0 radical (unpaired) electrons. The molecular formula is C21H36O4. The first kappa shape index (κ1) is 22.1. The molecule has 1 aliphatic heterocycles. The fraction of sp³-hybridized carbons (Fsp3) is 0.762. The van der Waals surface area contributed by atoms with Crippen molar-refractivity contribution in [1.82, 2.24) is 0 Å². The molecule has 25 heavy (non-hydrogen) atoms. The number of aliphatic hydroxyl groups excluding tert-OH is 2. The first-order valence-corrected chi connectivity index (χ1v) is 9.46. The van der Waals surface area contributed by atoms with Crippen molar-refractivity contribution in [2.45, 2.75) is 84.8 Å². The van der Waals surface area contributed by atoms with E-state index in [1.807, 2.05) is 34.6 Å². The molecule has 0 amide bonds. The van der Waals surface area contributed by atoms with Crippen LogP contribution in [0.1, 0.15) is 73.1 Å². The first-order chi connectivity index (χ1) is 11.7. The SMILES string of the molecule is CC(C)=C(C)CC(=O)C(C)CCCC1(C)OCC(=CCO)CC[C@H]1O. The van der Waals surface area contributed by atoms with Crippen LogP contribution in [0.2, 0.25) is 0 Å². The van der Waals surface area contributed by atoms with Gasteiger partial charge in [0.05, 0.1) is 24.9 Å². The maximum Gasteiger partial charge on any atom is 0.139 e. The van der Waals surface area contributed by atoms with Gasteiger partial charge in [0.2, 0.25) is 0 Å². The molecule has 144 valence electrons. The Morgan fingerprint density at radius 3 is 2.68 bits per heavy atom. The Morgan fingerprint density at radius 1 is 1.40 bits per heavy atom. The number of ketones is 1. The van der Waals surface area contributed by atoms with Crippen molar-refractivity contribution >= 4 is 5.78 Å². The molecule has 0 bridgehead atoms. The van der Waals surface area contributed by atoms with Crippen molar-refractivity contribution in [3.63, 3.8) is 0 Å². The fourth-order valence-corrected chi connectivity index (χ4v) is 3.11. The molecule has 1 rings (SSSR count). The van der Waals surface area contributed by atoms with Crippen LogP contribution < -0.4 is 0 Å². The second kappa shape index (κ2) is 10.2. The van der Waals surface area contributed by atoms with Crippen molar-refractivity contribution in [2.24, 2.45) is 5.92 Å². The number of aliphatic hydroxyl groups is 2. The van der Waals surface area contributed by atoms with Crippen LogP contribution in [0.4, 0.5) is 0 Å². The van der Waals surface area contributed by atoms with Crippen LogP contribution in [0.25, 0.3) is 0 Å². The highest BCUT2D eigenvalue weighted by atomic mass is 16.5. The van der Waals surface area contributed by atoms with E-state index in [1.54, 1.807) is 6.08 Å². The van der Waals surface area contributed by atoms with E-state index in [1.165, 1.54) is 5.57 Å². The van der Waals surface area contributed by atoms with E-state index in [2.05, 4.69) is 0 Å². The Labute approximate surface area is 153 Å². The van der Waals surface area contributed by atoms with Crippen molar-refractivity contribution in [2.75, 3.05) is 13.2 Å². The minimum absolute atomic E-state index is 0.0101. The lowest BCUT2D eigenvalue weighted by Gasteiger charge is -2.33. The van der Waals surface area contributed by atoms with Crippen LogP contribution in [-0.4, -0.2) is 40.9 Å². The third-order valence-corrected chi connectivity index (χ3v) is 5.56. The van der Waals surface area contributed by atoms with Gasteiger partial charge in [0.1, 0.15) is 5.78 Å². The van der Waals surface area contributed by atoms with Gasteiger partial charge in [0.25, 0.3) is 0 Å². The molecule has 3 atom stereocenters. The van der Waals surface area contributed by atoms with Gasteiger partial charge in [-0.05, 0) is 65.4 Å². The number of carbonyl (C=O) groups is 1. The summed E-state index contributed by atoms with van der Waals surface area (Å²) in [6.07, 6.45) is 5.61. The van der Waals surface area contributed by atoms with Gasteiger partial charge in [0, 0.05) is 12.3 Å². The van der Waals surface area contributed by atoms with E-state index in [-0.39, 0.29) is 12.5 Å². The topological polar surface area (TPSA) is 66.8 Å². The second-order valence-corrected chi connectivity index (χ2v) is 7.92. The zero-order valence-corrected chi connectivity index (χ0v) is 16.6. The lowest BCUT2D eigenvalue weighted by Crippen LogP contribution is -2.41. The molecule has 0 saturated carbocycles. The minimum Gasteiger partial charge on any atom is -0.392 e. The normalized spacial score (nSPS) is 27.0. The minimum atomic E-state index is -0.580. The standard InChI is InChI=1S/C21H36O4/c1-15(2)17(4)13-19(23)16(3)7-6-11-21(5)20(24)9-8-18(10-12-22)14-25-21/h10,16,20,22,24H,6-9,11-14H2,1-5H3/t16?,20-,21?/m1/s1. The van der Waals surface area contributed by atoms with Gasteiger partial charge >= 0.3 is 0 Å². The van der Waals surface area contributed by atoms with Crippen molar-refractivity contribution in [3.8, 4) is 0 Å². The van der Waals surface area contributed by atoms with Crippen LogP contribution in [0.5, 0.6) is 0 Å². The van der Waals surface area contributed by atoms with Crippen LogP contribution in [0, 0.1) is 5.92 Å². The fourth-order valence-electron chi connectivity index (χ4n) is 3.11. The third-order valence-electron chi connectivity index (χ3n) is 5.56. The Hall–Kier alpha value is -0.970. The molecule has 2 unspecified atom stereocenters. The van der Waals surface area contributed by atoms with Crippen molar-refractivity contribution in [1.29, 1.82) is 0 Å². The molecule has 4 nitrogen and oxygen atoms in total. The van der Waals surface area contributed by atoms with E-state index < -0.39 is 11.7 Å². The smallest absolute Gasteiger partial charge is 0.139 e. The van der Waals surface area contributed by atoms with Gasteiger partial charge < -0.3 is 14.9 Å². The van der Waals surface area contributed by atoms with Gasteiger partial charge in [-0.3, -0.25) is 4.79 Å². The molecule has 1 fully saturated rings. The molecule has 0 aromatic rings. The van der Waals surface area contributed by atoms with Crippen molar-refractivity contribution < 1.29 is 19.7 Å². The van der Waals surface area contributed by atoms with Gasteiger partial charge in [-0.25, -0.2) is 0 Å². The highest BCUT2D eigenvalue weighted by molar-refractivity contribution is 5.82. The number of ether oxygens (including phenoxy) is 1. The highest BCUT2D eigenvalue weighted by Gasteiger charge is 2.36. The number of hydrogen-bond donors (Lipinski definition) is 2. The van der Waals surface area contributed by atoms with Gasteiger partial charge in [0.15, 0.2) is 0 Å². The molecule has 1 saturated heterocycles. The van der Waals surface area contributed by atoms with Gasteiger partial charge in [-0.15, -0.1) is 0 Å². The van der Waals surface area contributed by atoms with E-state index >= 15 is 0 Å². The van der Waals surface area contributed by atoms with Gasteiger partial charge in [-0.1, -0.05) is 24.1 Å². The third kappa shape index (κ3) is 7.04. The monoisotopic (exact) mass is 352 g/mol. The van der Waals surface area contributed by atoms with Crippen LogP contribution in [-0.2, 0) is 9.53 Å². The summed E-state index contributed by atoms with van der Waals surface area (Å²) in [6, 6.07) is 0. The van der Waals surface area contributed by atoms with E-state index in [0.717, 1.165) is 36.8 Å². The zero-order chi connectivity index (χ0) is 19.0. The highest BCUT2D eigenvalue weighted by Crippen LogP contribution is 2.32. The number of Topliss-reactive ketones (excluding diaryl/α,β-unsaturated/α-hetero) is 1. The Bertz CT molecular complexity index is 502. The zero-order valence-electron chi connectivity index (χ0n) is 16.6. The molecule has 1 aliphatic rings. The molecule has 1 heterocycles. The lowest BCUT2D eigenvalue weighted by molar-refractivity contribution is -0.122. The summed E-state index contributed by atoms with van der Waals surface area (Å²) < 4.78 is 5.98. The van der Waals surface area contributed by atoms with Crippen molar-refractivity contribution in [3.05, 3.63) is 22.8 Å². The average molecular weight is 353 g/mol. The van der Waals surface area contributed by atoms with E-state index in [4.69, 9.17) is 9.84 Å². The molecular weight excluding hydrogens is 316 g/mol. The number of rotatable bonds is 8. The summed E-state index contributed by atoms with van der Waals surface area (Å²) in [4.78, 5) is 12.3. The number of carbonyl (C=O) groups excluding carboxylic acids is 1. The predicted molar refractivity (Wildman–Crippen MR) is 101 cm³/mol. The lowest BCUT2D eigenvalue weighted by atomic mass is 9.87. The van der Waals surface area contributed by atoms with E-state index in [9.17, 15) is 9.90 Å². The molecule has 0 aliphatic carbocycles. The van der Waals surface area contributed by atoms with Crippen LogP contribution >= 0.6 is 0 Å². The summed E-state index contributed by atoms with van der Waals surface area (Å²) >= 11 is 0. The van der Waals surface area contributed by atoms with E-state index in [0.29, 0.717) is 25.2 Å². The number of allylic oxidation sites excluding steroid dienone is 2. The summed E-state index contributed by atoms with van der Waals surface area (Å²) in [5, 5.41) is 19.5. The maximum atomic E-state index is 12.3. The Kier molecular flexibility index (Phi) is 9.04. The molecule has 4 heteroatoms.